The molecule has 0 aliphatic heterocycles. The second-order valence-corrected chi connectivity index (χ2v) is 5.39. The minimum atomic E-state index is 0.212. The van der Waals surface area contributed by atoms with E-state index in [2.05, 4.69) is 51.7 Å². The lowest BCUT2D eigenvalue weighted by Gasteiger charge is -2.18. The summed E-state index contributed by atoms with van der Waals surface area (Å²) in [6.45, 7) is 11.1. The number of hydrogen-bond donors (Lipinski definition) is 0. The summed E-state index contributed by atoms with van der Waals surface area (Å²) in [6, 6.07) is 4.35. The lowest BCUT2D eigenvalue weighted by Crippen LogP contribution is -2.11. The molecule has 14 heavy (non-hydrogen) atoms. The van der Waals surface area contributed by atoms with Gasteiger partial charge in [0.25, 0.3) is 0 Å². The minimum Gasteiger partial charge on any atom is -0.261 e. The molecule has 0 spiro atoms. The van der Waals surface area contributed by atoms with E-state index in [1.54, 1.807) is 0 Å². The van der Waals surface area contributed by atoms with Crippen molar-refractivity contribution in [2.75, 3.05) is 0 Å². The first kappa shape index (κ1) is 11.2. The van der Waals surface area contributed by atoms with E-state index < -0.39 is 0 Å². The van der Waals surface area contributed by atoms with Crippen LogP contribution < -0.4 is 0 Å². The van der Waals surface area contributed by atoms with Gasteiger partial charge in [0.15, 0.2) is 0 Å². The van der Waals surface area contributed by atoms with Gasteiger partial charge in [-0.05, 0) is 29.4 Å². The van der Waals surface area contributed by atoms with Crippen molar-refractivity contribution in [2.24, 2.45) is 5.92 Å². The van der Waals surface area contributed by atoms with E-state index in [0.29, 0.717) is 5.92 Å². The Kier molecular flexibility index (Phi) is 3.30. The van der Waals surface area contributed by atoms with Gasteiger partial charge >= 0.3 is 0 Å². The van der Waals surface area contributed by atoms with Gasteiger partial charge < -0.3 is 0 Å². The van der Waals surface area contributed by atoms with Crippen LogP contribution in [-0.2, 0) is 11.8 Å². The monoisotopic (exact) mass is 191 g/mol. The van der Waals surface area contributed by atoms with E-state index in [4.69, 9.17) is 0 Å². The van der Waals surface area contributed by atoms with Crippen LogP contribution in [0.25, 0.3) is 0 Å². The first-order valence-corrected chi connectivity index (χ1v) is 5.35. The first-order valence-electron chi connectivity index (χ1n) is 5.35. The van der Waals surface area contributed by atoms with Crippen LogP contribution in [0.15, 0.2) is 18.3 Å². The minimum absolute atomic E-state index is 0.212. The normalized spacial score (nSPS) is 12.1. The molecule has 1 rings (SSSR count). The maximum absolute atomic E-state index is 4.49. The predicted molar refractivity (Wildman–Crippen MR) is 61.5 cm³/mol. The summed E-state index contributed by atoms with van der Waals surface area (Å²) >= 11 is 0. The molecule has 1 aromatic rings. The van der Waals surface area contributed by atoms with Crippen molar-refractivity contribution in [3.05, 3.63) is 29.6 Å². The molecule has 0 radical (unpaired) electrons. The van der Waals surface area contributed by atoms with Gasteiger partial charge in [0.1, 0.15) is 0 Å². The molecule has 0 aliphatic carbocycles. The van der Waals surface area contributed by atoms with Crippen molar-refractivity contribution in [3.63, 3.8) is 0 Å². The van der Waals surface area contributed by atoms with E-state index in [9.17, 15) is 0 Å². The van der Waals surface area contributed by atoms with Crippen molar-refractivity contribution in [1.29, 1.82) is 0 Å². The lowest BCUT2D eigenvalue weighted by molar-refractivity contribution is 0.583. The third-order valence-corrected chi connectivity index (χ3v) is 2.31. The van der Waals surface area contributed by atoms with Crippen molar-refractivity contribution < 1.29 is 0 Å². The average Bonchev–Trinajstić information content (AvgIpc) is 2.02. The summed E-state index contributed by atoms with van der Waals surface area (Å²) in [5, 5.41) is 0. The fourth-order valence-electron chi connectivity index (χ4n) is 1.41. The Morgan fingerprint density at radius 1 is 1.21 bits per heavy atom. The van der Waals surface area contributed by atoms with Crippen LogP contribution in [0.1, 0.15) is 45.9 Å². The van der Waals surface area contributed by atoms with E-state index in [1.165, 1.54) is 11.3 Å². The van der Waals surface area contributed by atoms with Gasteiger partial charge in [0.2, 0.25) is 0 Å². The molecule has 0 unspecified atom stereocenters. The maximum Gasteiger partial charge on any atom is 0.0406 e. The zero-order chi connectivity index (χ0) is 10.8. The van der Waals surface area contributed by atoms with Crippen LogP contribution in [-0.4, -0.2) is 4.98 Å². The summed E-state index contributed by atoms with van der Waals surface area (Å²) in [5.74, 6) is 0.683. The maximum atomic E-state index is 4.49. The van der Waals surface area contributed by atoms with Gasteiger partial charge in [0, 0.05) is 11.9 Å². The quantitative estimate of drug-likeness (QED) is 0.696. The molecule has 0 amide bonds. The number of hydrogen-bond acceptors (Lipinski definition) is 1. The molecule has 0 bridgehead atoms. The highest BCUT2D eigenvalue weighted by atomic mass is 14.7. The van der Waals surface area contributed by atoms with Crippen LogP contribution >= 0.6 is 0 Å². The summed E-state index contributed by atoms with van der Waals surface area (Å²) in [5.41, 5.74) is 2.72. The Hall–Kier alpha value is -0.850. The second kappa shape index (κ2) is 4.12. The zero-order valence-electron chi connectivity index (χ0n) is 9.96. The Morgan fingerprint density at radius 2 is 1.86 bits per heavy atom. The molecule has 1 aromatic heterocycles. The van der Waals surface area contributed by atoms with Gasteiger partial charge in [0.05, 0.1) is 0 Å². The van der Waals surface area contributed by atoms with E-state index in [1.807, 2.05) is 6.20 Å². The summed E-state index contributed by atoms with van der Waals surface area (Å²) in [6.07, 6.45) is 3.09. The topological polar surface area (TPSA) is 12.9 Å². The molecule has 0 N–H and O–H groups in total. The van der Waals surface area contributed by atoms with Crippen molar-refractivity contribution in [2.45, 2.75) is 46.5 Å². The van der Waals surface area contributed by atoms with Crippen molar-refractivity contribution in [1.82, 2.24) is 4.98 Å². The van der Waals surface area contributed by atoms with Gasteiger partial charge in [-0.1, -0.05) is 40.7 Å². The van der Waals surface area contributed by atoms with Gasteiger partial charge in [-0.3, -0.25) is 4.98 Å². The van der Waals surface area contributed by atoms with Crippen LogP contribution in [0.2, 0.25) is 0 Å². The highest BCUT2D eigenvalue weighted by Gasteiger charge is 2.13. The zero-order valence-corrected chi connectivity index (χ0v) is 9.96. The smallest absolute Gasteiger partial charge is 0.0406 e. The molecule has 1 nitrogen and oxygen atoms in total. The van der Waals surface area contributed by atoms with Crippen LogP contribution in [0.4, 0.5) is 0 Å². The fourth-order valence-corrected chi connectivity index (χ4v) is 1.41. The van der Waals surface area contributed by atoms with E-state index in [-0.39, 0.29) is 5.41 Å². The summed E-state index contributed by atoms with van der Waals surface area (Å²) < 4.78 is 0. The molecule has 0 aromatic carbocycles. The molecule has 0 fully saturated rings. The third kappa shape index (κ3) is 3.13. The standard InChI is InChI=1S/C13H21N/c1-10(2)8-12-7-6-11(9-14-12)13(3,4)5/h6-7,9-10H,8H2,1-5H3. The average molecular weight is 191 g/mol. The van der Waals surface area contributed by atoms with Gasteiger partial charge in [-0.15, -0.1) is 0 Å². The molecular formula is C13H21N. The SMILES string of the molecule is CC(C)Cc1ccc(C(C)(C)C)cn1. The van der Waals surface area contributed by atoms with Crippen molar-refractivity contribution in [3.8, 4) is 0 Å². The fraction of sp³-hybridized carbons (Fsp3) is 0.615. The molecule has 1 heterocycles. The Labute approximate surface area is 87.6 Å². The number of pyridine rings is 1. The Balaban J connectivity index is 2.79. The van der Waals surface area contributed by atoms with E-state index in [0.717, 1.165) is 6.42 Å². The van der Waals surface area contributed by atoms with Crippen LogP contribution in [0.3, 0.4) is 0 Å². The largest absolute Gasteiger partial charge is 0.261 e. The first-order chi connectivity index (χ1) is 6.39. The molecule has 0 saturated heterocycles. The number of aromatic nitrogens is 1. The predicted octanol–water partition coefficient (Wildman–Crippen LogP) is 3.58. The van der Waals surface area contributed by atoms with Crippen LogP contribution in [0, 0.1) is 5.92 Å². The molecule has 0 saturated carbocycles. The summed E-state index contributed by atoms with van der Waals surface area (Å²) in [4.78, 5) is 4.49. The Bertz CT molecular complexity index is 277. The molecule has 0 aliphatic rings. The Morgan fingerprint density at radius 3 is 2.21 bits per heavy atom. The highest BCUT2D eigenvalue weighted by molar-refractivity contribution is 5.21. The number of nitrogens with zero attached hydrogens (tertiary/aromatic N) is 1. The van der Waals surface area contributed by atoms with Crippen molar-refractivity contribution >= 4 is 0 Å². The molecular weight excluding hydrogens is 170 g/mol. The number of rotatable bonds is 2. The summed E-state index contributed by atoms with van der Waals surface area (Å²) in [7, 11) is 0. The lowest BCUT2D eigenvalue weighted by atomic mass is 9.88. The van der Waals surface area contributed by atoms with Gasteiger partial charge in [-0.2, -0.15) is 0 Å². The highest BCUT2D eigenvalue weighted by Crippen LogP contribution is 2.21. The van der Waals surface area contributed by atoms with Gasteiger partial charge in [-0.25, -0.2) is 0 Å². The molecule has 78 valence electrons. The third-order valence-electron chi connectivity index (χ3n) is 2.31. The second-order valence-electron chi connectivity index (χ2n) is 5.39. The molecule has 0 atom stereocenters. The van der Waals surface area contributed by atoms with Crippen LogP contribution in [0.5, 0.6) is 0 Å². The molecule has 1 heteroatoms. The van der Waals surface area contributed by atoms with E-state index >= 15 is 0 Å².